The minimum absolute atomic E-state index is 0.0682. The molecular formula is C29H29N5OS. The standard InChI is InChI=1S/C29H29N5OS/c35-27(19-22-12-6-2-7-13-22)30-29-34-33-28(36-29)15-9-3-8-14-25-20-24-17-23(18-26(24)32-31-25)16-21-10-4-1-5-11-21/h1-2,4-7,10-13,17,20H,3,8-9,14-16,18-19H2,(H,30,34,35). The van der Waals surface area contributed by atoms with E-state index < -0.39 is 0 Å². The minimum Gasteiger partial charge on any atom is -0.300 e. The second-order valence-corrected chi connectivity index (χ2v) is 10.2. The molecule has 0 unspecified atom stereocenters. The second-order valence-electron chi connectivity index (χ2n) is 9.15. The number of benzene rings is 2. The van der Waals surface area contributed by atoms with Crippen molar-refractivity contribution in [3.05, 3.63) is 105 Å². The van der Waals surface area contributed by atoms with Gasteiger partial charge >= 0.3 is 0 Å². The van der Waals surface area contributed by atoms with Crippen LogP contribution in [-0.2, 0) is 36.9 Å². The SMILES string of the molecule is O=C(Cc1ccccc1)Nc1nnc(CCCCCc2cc3c(nn2)CC(Cc2ccccc2)=C3)s1. The van der Waals surface area contributed by atoms with Crippen molar-refractivity contribution in [3.63, 3.8) is 0 Å². The van der Waals surface area contributed by atoms with Gasteiger partial charge in [-0.15, -0.1) is 10.2 Å². The van der Waals surface area contributed by atoms with Crippen LogP contribution in [0.25, 0.3) is 6.08 Å². The third-order valence-corrected chi connectivity index (χ3v) is 7.13. The molecule has 2 aromatic carbocycles. The molecule has 182 valence electrons. The Kier molecular flexibility index (Phi) is 7.88. The molecule has 4 aromatic rings. The molecule has 2 aromatic heterocycles. The van der Waals surface area contributed by atoms with E-state index in [-0.39, 0.29) is 5.91 Å². The van der Waals surface area contributed by atoms with Gasteiger partial charge in [-0.05, 0) is 48.4 Å². The first-order valence-corrected chi connectivity index (χ1v) is 13.3. The molecule has 1 N–H and O–H groups in total. The van der Waals surface area contributed by atoms with E-state index in [0.29, 0.717) is 11.6 Å². The molecule has 1 amide bonds. The minimum atomic E-state index is -0.0682. The average Bonchev–Trinajstić information content (AvgIpc) is 3.50. The van der Waals surface area contributed by atoms with Crippen molar-refractivity contribution < 1.29 is 4.79 Å². The lowest BCUT2D eigenvalue weighted by Crippen LogP contribution is -2.14. The highest BCUT2D eigenvalue weighted by atomic mass is 32.1. The number of hydrogen-bond acceptors (Lipinski definition) is 6. The van der Waals surface area contributed by atoms with Gasteiger partial charge in [-0.2, -0.15) is 10.2 Å². The number of nitrogens with zero attached hydrogens (tertiary/aromatic N) is 4. The Morgan fingerprint density at radius 1 is 0.833 bits per heavy atom. The van der Waals surface area contributed by atoms with Crippen LogP contribution in [-0.4, -0.2) is 26.3 Å². The fraction of sp³-hybridized carbons (Fsp3) is 0.276. The first kappa shape index (κ1) is 24.0. The summed E-state index contributed by atoms with van der Waals surface area (Å²) in [6, 6.07) is 22.5. The van der Waals surface area contributed by atoms with Crippen LogP contribution < -0.4 is 5.32 Å². The van der Waals surface area contributed by atoms with Gasteiger partial charge in [0.2, 0.25) is 11.0 Å². The topological polar surface area (TPSA) is 80.7 Å². The molecule has 2 heterocycles. The Hall–Kier alpha value is -3.71. The van der Waals surface area contributed by atoms with Gasteiger partial charge < -0.3 is 5.32 Å². The normalized spacial score (nSPS) is 12.3. The van der Waals surface area contributed by atoms with Crippen LogP contribution in [0.3, 0.4) is 0 Å². The lowest BCUT2D eigenvalue weighted by atomic mass is 10.0. The van der Waals surface area contributed by atoms with E-state index in [1.54, 1.807) is 0 Å². The number of anilines is 1. The maximum absolute atomic E-state index is 12.2. The van der Waals surface area contributed by atoms with E-state index in [2.05, 4.69) is 68.2 Å². The van der Waals surface area contributed by atoms with Crippen LogP contribution in [0.15, 0.2) is 72.3 Å². The number of aromatic nitrogens is 4. The number of carbonyl (C=O) groups is 1. The van der Waals surface area contributed by atoms with Crippen molar-refractivity contribution in [3.8, 4) is 0 Å². The molecule has 1 aliphatic rings. The van der Waals surface area contributed by atoms with Crippen molar-refractivity contribution in [2.24, 2.45) is 0 Å². The fourth-order valence-corrected chi connectivity index (χ4v) is 5.22. The number of unbranched alkanes of at least 4 members (excludes halogenated alkanes) is 2. The average molecular weight is 496 g/mol. The summed E-state index contributed by atoms with van der Waals surface area (Å²) in [4.78, 5) is 12.2. The molecule has 1 aliphatic carbocycles. The number of nitrogens with one attached hydrogen (secondary N) is 1. The summed E-state index contributed by atoms with van der Waals surface area (Å²) in [7, 11) is 0. The molecule has 0 spiro atoms. The van der Waals surface area contributed by atoms with Crippen molar-refractivity contribution in [1.82, 2.24) is 20.4 Å². The summed E-state index contributed by atoms with van der Waals surface area (Å²) >= 11 is 1.46. The Balaban J connectivity index is 1.03. The Labute approximate surface area is 215 Å². The van der Waals surface area contributed by atoms with E-state index in [9.17, 15) is 4.79 Å². The van der Waals surface area contributed by atoms with Gasteiger partial charge in [0.05, 0.1) is 17.8 Å². The predicted molar refractivity (Wildman–Crippen MR) is 144 cm³/mol. The largest absolute Gasteiger partial charge is 0.300 e. The van der Waals surface area contributed by atoms with Crippen LogP contribution in [0.2, 0.25) is 0 Å². The number of allylic oxidation sites excluding steroid dienone is 1. The van der Waals surface area contributed by atoms with Gasteiger partial charge in [-0.1, -0.05) is 90.1 Å². The van der Waals surface area contributed by atoms with E-state index in [4.69, 9.17) is 0 Å². The monoisotopic (exact) mass is 495 g/mol. The number of fused-ring (bicyclic) bond motifs is 1. The zero-order chi connectivity index (χ0) is 24.6. The first-order chi connectivity index (χ1) is 17.7. The maximum atomic E-state index is 12.2. The van der Waals surface area contributed by atoms with Crippen LogP contribution >= 0.6 is 11.3 Å². The van der Waals surface area contributed by atoms with Gasteiger partial charge in [-0.25, -0.2) is 0 Å². The highest BCUT2D eigenvalue weighted by Crippen LogP contribution is 2.26. The smallest absolute Gasteiger partial charge is 0.230 e. The summed E-state index contributed by atoms with van der Waals surface area (Å²) in [6.07, 6.45) is 9.47. The number of hydrogen-bond donors (Lipinski definition) is 1. The second kappa shape index (κ2) is 11.8. The molecule has 0 saturated carbocycles. The van der Waals surface area contributed by atoms with Crippen molar-refractivity contribution in [2.45, 2.75) is 51.4 Å². The molecular weight excluding hydrogens is 466 g/mol. The highest BCUT2D eigenvalue weighted by molar-refractivity contribution is 7.15. The molecule has 0 bridgehead atoms. The van der Waals surface area contributed by atoms with Gasteiger partial charge in [0, 0.05) is 12.8 Å². The van der Waals surface area contributed by atoms with Crippen molar-refractivity contribution in [1.29, 1.82) is 0 Å². The molecule has 0 atom stereocenters. The van der Waals surface area contributed by atoms with Crippen molar-refractivity contribution >= 4 is 28.5 Å². The van der Waals surface area contributed by atoms with Crippen LogP contribution in [0, 0.1) is 0 Å². The van der Waals surface area contributed by atoms with E-state index in [0.717, 1.165) is 66.9 Å². The number of amides is 1. The number of rotatable bonds is 11. The van der Waals surface area contributed by atoms with E-state index in [1.807, 2.05) is 30.3 Å². The van der Waals surface area contributed by atoms with E-state index in [1.165, 1.54) is 28.0 Å². The maximum Gasteiger partial charge on any atom is 0.230 e. The summed E-state index contributed by atoms with van der Waals surface area (Å²) in [5.41, 5.74) is 7.09. The van der Waals surface area contributed by atoms with Crippen LogP contribution in [0.1, 0.15) is 52.3 Å². The lowest BCUT2D eigenvalue weighted by Gasteiger charge is -2.03. The molecule has 0 radical (unpaired) electrons. The van der Waals surface area contributed by atoms with Gasteiger partial charge in [0.15, 0.2) is 0 Å². The summed E-state index contributed by atoms with van der Waals surface area (Å²) < 4.78 is 0. The molecule has 6 nitrogen and oxygen atoms in total. The summed E-state index contributed by atoms with van der Waals surface area (Å²) in [5.74, 6) is -0.0682. The summed E-state index contributed by atoms with van der Waals surface area (Å²) in [5, 5.41) is 21.7. The van der Waals surface area contributed by atoms with Crippen LogP contribution in [0.5, 0.6) is 0 Å². The molecule has 0 saturated heterocycles. The molecule has 0 fully saturated rings. The fourth-order valence-electron chi connectivity index (χ4n) is 4.43. The molecule has 0 aliphatic heterocycles. The van der Waals surface area contributed by atoms with Crippen molar-refractivity contribution in [2.75, 3.05) is 5.32 Å². The lowest BCUT2D eigenvalue weighted by molar-refractivity contribution is -0.115. The zero-order valence-electron chi connectivity index (χ0n) is 20.2. The molecule has 36 heavy (non-hydrogen) atoms. The van der Waals surface area contributed by atoms with Gasteiger partial charge in [0.25, 0.3) is 0 Å². The van der Waals surface area contributed by atoms with E-state index >= 15 is 0 Å². The van der Waals surface area contributed by atoms with Crippen LogP contribution in [0.4, 0.5) is 5.13 Å². The molecule has 5 rings (SSSR count). The number of carbonyl (C=O) groups excluding carboxylic acids is 1. The Morgan fingerprint density at radius 2 is 1.58 bits per heavy atom. The third kappa shape index (κ3) is 6.70. The Morgan fingerprint density at radius 3 is 2.39 bits per heavy atom. The molecule has 7 heteroatoms. The quantitative estimate of drug-likeness (QED) is 0.272. The third-order valence-electron chi connectivity index (χ3n) is 6.23. The highest BCUT2D eigenvalue weighted by Gasteiger charge is 2.16. The first-order valence-electron chi connectivity index (χ1n) is 12.5. The number of aryl methyl sites for hydroxylation is 2. The van der Waals surface area contributed by atoms with Gasteiger partial charge in [-0.3, -0.25) is 4.79 Å². The predicted octanol–water partition coefficient (Wildman–Crippen LogP) is 5.65. The zero-order valence-corrected chi connectivity index (χ0v) is 21.0. The summed E-state index contributed by atoms with van der Waals surface area (Å²) in [6.45, 7) is 0. The van der Waals surface area contributed by atoms with Gasteiger partial charge in [0.1, 0.15) is 5.01 Å². The Bertz CT molecular complexity index is 1330.